The van der Waals surface area contributed by atoms with E-state index in [2.05, 4.69) is 69.1 Å². The number of rotatable bonds is 5. The van der Waals surface area contributed by atoms with E-state index in [0.717, 1.165) is 38.1 Å². The highest BCUT2D eigenvalue weighted by Crippen LogP contribution is 2.32. The molecule has 6 heterocycles. The summed E-state index contributed by atoms with van der Waals surface area (Å²) in [5.74, 6) is 0.967. The zero-order valence-corrected chi connectivity index (χ0v) is 22.9. The van der Waals surface area contributed by atoms with E-state index >= 15 is 0 Å². The number of hydrogen-bond acceptors (Lipinski definition) is 7. The summed E-state index contributed by atoms with van der Waals surface area (Å²) in [7, 11) is 0. The van der Waals surface area contributed by atoms with Crippen molar-refractivity contribution in [1.82, 2.24) is 20.5 Å². The first-order chi connectivity index (χ1) is 18.8. The van der Waals surface area contributed by atoms with E-state index in [0.29, 0.717) is 17.9 Å². The molecule has 0 spiro atoms. The first-order valence-corrected chi connectivity index (χ1v) is 15.4. The molecular weight excluding hydrogens is 488 g/mol. The van der Waals surface area contributed by atoms with Crippen LogP contribution in [0.1, 0.15) is 60.4 Å². The average molecular weight is 527 g/mol. The molecule has 0 aromatic carbocycles. The maximum absolute atomic E-state index is 5.14. The van der Waals surface area contributed by atoms with Crippen molar-refractivity contribution in [3.8, 4) is 0 Å². The molecule has 6 nitrogen and oxygen atoms in total. The fourth-order valence-corrected chi connectivity index (χ4v) is 7.65. The Bertz CT molecular complexity index is 1260. The van der Waals surface area contributed by atoms with Crippen LogP contribution in [0.4, 0.5) is 0 Å². The summed E-state index contributed by atoms with van der Waals surface area (Å²) in [6.45, 7) is 5.37. The molecule has 1 aliphatic carbocycles. The fourth-order valence-electron chi connectivity index (χ4n) is 6.93. The second kappa shape index (κ2) is 11.0. The SMILES string of the molecule is C1=CC(CN2CCCCC2)CC(c2cnc3c(c2)C(C2NC4C=NCC(c5ccsc5)C4N2)=NCCC3)=C1. The van der Waals surface area contributed by atoms with Gasteiger partial charge in [0.25, 0.3) is 0 Å². The minimum absolute atomic E-state index is 0.0108. The first kappa shape index (κ1) is 24.6. The lowest BCUT2D eigenvalue weighted by Gasteiger charge is -2.30. The minimum Gasteiger partial charge on any atom is -0.303 e. The Balaban J connectivity index is 1.12. The van der Waals surface area contributed by atoms with Gasteiger partial charge in [0, 0.05) is 55.3 Å². The monoisotopic (exact) mass is 526 g/mol. The van der Waals surface area contributed by atoms with E-state index in [1.165, 1.54) is 66.9 Å². The molecule has 2 aromatic heterocycles. The largest absolute Gasteiger partial charge is 0.303 e. The van der Waals surface area contributed by atoms with Gasteiger partial charge in [0.05, 0.1) is 11.8 Å². The van der Waals surface area contributed by atoms with Gasteiger partial charge in [0.15, 0.2) is 0 Å². The summed E-state index contributed by atoms with van der Waals surface area (Å²) >= 11 is 1.77. The molecule has 0 amide bonds. The number of hydrogen-bond donors (Lipinski definition) is 2. The number of fused-ring (bicyclic) bond motifs is 2. The Hall–Kier alpha value is -2.45. The van der Waals surface area contributed by atoms with Crippen LogP contribution < -0.4 is 10.6 Å². The van der Waals surface area contributed by atoms with Crippen LogP contribution in [0.5, 0.6) is 0 Å². The van der Waals surface area contributed by atoms with Gasteiger partial charge in [-0.2, -0.15) is 11.3 Å². The molecule has 2 N–H and O–H groups in total. The zero-order chi connectivity index (χ0) is 25.3. The summed E-state index contributed by atoms with van der Waals surface area (Å²) < 4.78 is 0. The summed E-state index contributed by atoms with van der Waals surface area (Å²) in [4.78, 5) is 17.6. The third-order valence-corrected chi connectivity index (χ3v) is 9.63. The molecule has 4 aliphatic heterocycles. The van der Waals surface area contributed by atoms with E-state index in [4.69, 9.17) is 15.0 Å². The number of aryl methyl sites for hydroxylation is 1. The summed E-state index contributed by atoms with van der Waals surface area (Å²) in [5.41, 5.74) is 7.56. The normalized spacial score (nSPS) is 31.3. The van der Waals surface area contributed by atoms with Crippen LogP contribution in [0, 0.1) is 5.92 Å². The van der Waals surface area contributed by atoms with E-state index in [-0.39, 0.29) is 12.2 Å². The Labute approximate surface area is 230 Å². The summed E-state index contributed by atoms with van der Waals surface area (Å²) in [6, 6.07) is 5.16. The van der Waals surface area contributed by atoms with Gasteiger partial charge in [-0.3, -0.25) is 25.6 Å². The van der Waals surface area contributed by atoms with Gasteiger partial charge >= 0.3 is 0 Å². The Morgan fingerprint density at radius 3 is 2.95 bits per heavy atom. The molecule has 5 unspecified atom stereocenters. The van der Waals surface area contributed by atoms with Gasteiger partial charge in [-0.25, -0.2) is 0 Å². The Morgan fingerprint density at radius 2 is 2.05 bits per heavy atom. The van der Waals surface area contributed by atoms with Crippen LogP contribution in [0.25, 0.3) is 5.57 Å². The average Bonchev–Trinajstić information content (AvgIpc) is 3.60. The predicted octanol–water partition coefficient (Wildman–Crippen LogP) is 4.45. The van der Waals surface area contributed by atoms with Crippen molar-refractivity contribution >= 4 is 28.8 Å². The molecule has 2 saturated heterocycles. The predicted molar refractivity (Wildman–Crippen MR) is 158 cm³/mol. The lowest BCUT2D eigenvalue weighted by atomic mass is 9.88. The zero-order valence-electron chi connectivity index (χ0n) is 22.1. The van der Waals surface area contributed by atoms with Gasteiger partial charge in [-0.15, -0.1) is 0 Å². The first-order valence-electron chi connectivity index (χ1n) is 14.5. The number of nitrogens with zero attached hydrogens (tertiary/aromatic N) is 4. The molecule has 0 bridgehead atoms. The highest BCUT2D eigenvalue weighted by molar-refractivity contribution is 7.08. The summed E-state index contributed by atoms with van der Waals surface area (Å²) in [6.07, 6.45) is 18.4. The van der Waals surface area contributed by atoms with Crippen LogP contribution in [-0.4, -0.2) is 72.8 Å². The standard InChI is InChI=1S/C31H38N6S/c1-2-11-37(12-3-1)19-21-6-4-7-22(14-21)24-15-25-27(34-16-24)8-5-10-33-30(25)31-35-28-18-32-17-26(29(28)36-31)23-9-13-38-20-23/h4,6-7,9,13,15-16,18,20-21,26,28-29,31,35-36H,1-3,5,8,10-12,14,17,19H2. The van der Waals surface area contributed by atoms with Crippen molar-refractivity contribution < 1.29 is 0 Å². The molecule has 5 aliphatic rings. The number of nitrogens with one attached hydrogen (secondary N) is 2. The van der Waals surface area contributed by atoms with Gasteiger partial charge in [0.1, 0.15) is 6.17 Å². The lowest BCUT2D eigenvalue weighted by Crippen LogP contribution is -2.44. The molecule has 7 heteroatoms. The molecular formula is C31H38N6S. The van der Waals surface area contributed by atoms with E-state index < -0.39 is 0 Å². The molecule has 198 valence electrons. The van der Waals surface area contributed by atoms with Crippen LogP contribution in [0.3, 0.4) is 0 Å². The molecule has 2 fully saturated rings. The highest BCUT2D eigenvalue weighted by atomic mass is 32.1. The van der Waals surface area contributed by atoms with Crippen molar-refractivity contribution in [2.75, 3.05) is 32.7 Å². The van der Waals surface area contributed by atoms with E-state index in [1.807, 2.05) is 0 Å². The van der Waals surface area contributed by atoms with Crippen molar-refractivity contribution in [3.05, 3.63) is 69.7 Å². The third-order valence-electron chi connectivity index (χ3n) is 8.93. The van der Waals surface area contributed by atoms with Crippen molar-refractivity contribution in [2.45, 2.75) is 62.7 Å². The van der Waals surface area contributed by atoms with Crippen molar-refractivity contribution in [3.63, 3.8) is 0 Å². The van der Waals surface area contributed by atoms with E-state index in [1.54, 1.807) is 11.3 Å². The fraction of sp³-hybridized carbons (Fsp3) is 0.516. The van der Waals surface area contributed by atoms with Crippen LogP contribution >= 0.6 is 11.3 Å². The molecule has 0 saturated carbocycles. The maximum atomic E-state index is 5.14. The molecule has 38 heavy (non-hydrogen) atoms. The second-order valence-corrected chi connectivity index (χ2v) is 12.3. The summed E-state index contributed by atoms with van der Waals surface area (Å²) in [5, 5.41) is 12.2. The number of likely N-dealkylation sites (tertiary alicyclic amines) is 1. The third kappa shape index (κ3) is 4.97. The molecule has 2 aromatic rings. The van der Waals surface area contributed by atoms with Gasteiger partial charge in [-0.05, 0) is 90.7 Å². The lowest BCUT2D eigenvalue weighted by molar-refractivity contribution is 0.209. The van der Waals surface area contributed by atoms with Crippen molar-refractivity contribution in [2.24, 2.45) is 15.9 Å². The van der Waals surface area contributed by atoms with Gasteiger partial charge in [-0.1, -0.05) is 24.6 Å². The quantitative estimate of drug-likeness (QED) is 0.604. The van der Waals surface area contributed by atoms with Gasteiger partial charge < -0.3 is 4.90 Å². The van der Waals surface area contributed by atoms with Crippen LogP contribution in [0.15, 0.2) is 57.3 Å². The number of piperidine rings is 1. The van der Waals surface area contributed by atoms with Crippen molar-refractivity contribution in [1.29, 1.82) is 0 Å². The molecule has 7 rings (SSSR count). The Kier molecular flexibility index (Phi) is 7.09. The van der Waals surface area contributed by atoms with E-state index in [9.17, 15) is 0 Å². The minimum atomic E-state index is 0.0108. The maximum Gasteiger partial charge on any atom is 0.102 e. The molecule has 0 radical (unpaired) electrons. The number of allylic oxidation sites excluding steroid dienone is 3. The van der Waals surface area contributed by atoms with Gasteiger partial charge in [0.2, 0.25) is 0 Å². The smallest absolute Gasteiger partial charge is 0.102 e. The Morgan fingerprint density at radius 1 is 1.11 bits per heavy atom. The number of aliphatic imine (C=N–C) groups is 2. The number of aromatic nitrogens is 1. The highest BCUT2D eigenvalue weighted by Gasteiger charge is 2.42. The number of pyridine rings is 1. The second-order valence-electron chi connectivity index (χ2n) is 11.5. The topological polar surface area (TPSA) is 64.9 Å². The van der Waals surface area contributed by atoms with Crippen LogP contribution in [0.2, 0.25) is 0 Å². The number of thiophene rings is 1. The van der Waals surface area contributed by atoms with Crippen LogP contribution in [-0.2, 0) is 6.42 Å². The molecule has 5 atom stereocenters.